The van der Waals surface area contributed by atoms with Crippen molar-refractivity contribution in [1.82, 2.24) is 9.80 Å². The van der Waals surface area contributed by atoms with E-state index < -0.39 is 6.04 Å². The predicted molar refractivity (Wildman–Crippen MR) is 134 cm³/mol. The van der Waals surface area contributed by atoms with Crippen molar-refractivity contribution >= 4 is 28.4 Å². The molecule has 1 aliphatic carbocycles. The van der Waals surface area contributed by atoms with Crippen molar-refractivity contribution in [3.8, 4) is 5.75 Å². The molecule has 1 amide bonds. The number of fused-ring (bicyclic) bond motifs is 2. The minimum absolute atomic E-state index is 0.0473. The summed E-state index contributed by atoms with van der Waals surface area (Å²) in [5.41, 5.74) is 3.47. The number of carbonyl (C=O) groups is 3. The van der Waals surface area contributed by atoms with Gasteiger partial charge in [-0.3, -0.25) is 19.3 Å². The van der Waals surface area contributed by atoms with Crippen LogP contribution < -0.4 is 4.74 Å². The standard InChI is InChI=1S/C29H30N2O5/c32-21-8-9-25(26(33)15-21)31-17-24-23(29(31)34)5-4-6-28(24)35-18-22-14-20-13-19(7-10-27(20)36-22)16-30-11-2-1-3-12-30/h4-7,10,13-14,25H,1-3,8-9,11-12,15-18H2. The van der Waals surface area contributed by atoms with E-state index in [2.05, 4.69) is 17.0 Å². The van der Waals surface area contributed by atoms with Gasteiger partial charge in [0, 0.05) is 29.5 Å². The number of furan rings is 1. The highest BCUT2D eigenvalue weighted by atomic mass is 16.5. The Balaban J connectivity index is 1.15. The number of rotatable bonds is 6. The molecule has 36 heavy (non-hydrogen) atoms. The van der Waals surface area contributed by atoms with E-state index in [4.69, 9.17) is 9.15 Å². The van der Waals surface area contributed by atoms with E-state index in [0.29, 0.717) is 30.7 Å². The summed E-state index contributed by atoms with van der Waals surface area (Å²) in [5.74, 6) is 0.951. The van der Waals surface area contributed by atoms with Crippen molar-refractivity contribution in [2.75, 3.05) is 13.1 Å². The largest absolute Gasteiger partial charge is 0.485 e. The SMILES string of the molecule is O=C1CCC(N2Cc3c(OCc4cc5cc(CN6CCCCC6)ccc5o4)cccc3C2=O)C(=O)C1. The summed E-state index contributed by atoms with van der Waals surface area (Å²) < 4.78 is 12.1. The zero-order valence-electron chi connectivity index (χ0n) is 20.3. The van der Waals surface area contributed by atoms with Crippen LogP contribution >= 0.6 is 0 Å². The first-order valence-electron chi connectivity index (χ1n) is 12.9. The first kappa shape index (κ1) is 23.0. The van der Waals surface area contributed by atoms with Gasteiger partial charge in [0.25, 0.3) is 5.91 Å². The van der Waals surface area contributed by atoms with Crippen LogP contribution in [0, 0.1) is 0 Å². The van der Waals surface area contributed by atoms with E-state index in [9.17, 15) is 14.4 Å². The van der Waals surface area contributed by atoms with Gasteiger partial charge in [-0.1, -0.05) is 18.6 Å². The van der Waals surface area contributed by atoms with Crippen LogP contribution in [-0.4, -0.2) is 46.4 Å². The monoisotopic (exact) mass is 486 g/mol. The smallest absolute Gasteiger partial charge is 0.255 e. The molecular weight excluding hydrogens is 456 g/mol. The molecule has 2 fully saturated rings. The molecule has 1 saturated carbocycles. The highest BCUT2D eigenvalue weighted by Crippen LogP contribution is 2.35. The maximum Gasteiger partial charge on any atom is 0.255 e. The fraction of sp³-hybridized carbons (Fsp3) is 0.414. The summed E-state index contributed by atoms with van der Waals surface area (Å²) in [6.45, 7) is 3.85. The van der Waals surface area contributed by atoms with Crippen LogP contribution in [0.15, 0.2) is 46.9 Å². The number of ketones is 2. The second-order valence-corrected chi connectivity index (χ2v) is 10.2. The highest BCUT2D eigenvalue weighted by Gasteiger charge is 2.40. The Kier molecular flexibility index (Phi) is 6.09. The molecule has 7 heteroatoms. The van der Waals surface area contributed by atoms with Gasteiger partial charge in [0.1, 0.15) is 29.5 Å². The molecule has 2 aromatic carbocycles. The average molecular weight is 487 g/mol. The van der Waals surface area contributed by atoms with Crippen LogP contribution in [0.5, 0.6) is 5.75 Å². The number of ether oxygens (including phenoxy) is 1. The first-order chi connectivity index (χ1) is 17.5. The van der Waals surface area contributed by atoms with E-state index in [-0.39, 0.29) is 30.5 Å². The van der Waals surface area contributed by atoms with Crippen molar-refractivity contribution in [2.24, 2.45) is 0 Å². The van der Waals surface area contributed by atoms with Crippen LogP contribution in [-0.2, 0) is 29.3 Å². The minimum atomic E-state index is -0.537. The zero-order valence-corrected chi connectivity index (χ0v) is 20.3. The van der Waals surface area contributed by atoms with Crippen LogP contribution in [0.4, 0.5) is 0 Å². The average Bonchev–Trinajstić information content (AvgIpc) is 3.44. The molecular formula is C29H30N2O5. The maximum absolute atomic E-state index is 13.1. The van der Waals surface area contributed by atoms with Gasteiger partial charge in [-0.05, 0) is 68.2 Å². The molecule has 3 aliphatic rings. The van der Waals surface area contributed by atoms with E-state index >= 15 is 0 Å². The first-order valence-corrected chi connectivity index (χ1v) is 12.9. The lowest BCUT2D eigenvalue weighted by Crippen LogP contribution is -2.44. The van der Waals surface area contributed by atoms with Crippen LogP contribution in [0.2, 0.25) is 0 Å². The molecule has 0 spiro atoms. The predicted octanol–water partition coefficient (Wildman–Crippen LogP) is 4.64. The number of carbonyl (C=O) groups excluding carboxylic acids is 3. The lowest BCUT2D eigenvalue weighted by molar-refractivity contribution is -0.133. The molecule has 0 radical (unpaired) electrons. The molecule has 1 atom stereocenters. The van der Waals surface area contributed by atoms with Gasteiger partial charge in [0.2, 0.25) is 0 Å². The number of likely N-dealkylation sites (tertiary alicyclic amines) is 1. The molecule has 7 nitrogen and oxygen atoms in total. The Labute approximate surface area is 210 Å². The van der Waals surface area contributed by atoms with Crippen molar-refractivity contribution in [3.63, 3.8) is 0 Å². The minimum Gasteiger partial charge on any atom is -0.485 e. The second kappa shape index (κ2) is 9.54. The quantitative estimate of drug-likeness (QED) is 0.472. The number of hydrogen-bond donors (Lipinski definition) is 0. The summed E-state index contributed by atoms with van der Waals surface area (Å²) in [6, 6.07) is 13.3. The molecule has 186 valence electrons. The van der Waals surface area contributed by atoms with E-state index in [1.54, 1.807) is 17.0 Å². The molecule has 3 aromatic rings. The summed E-state index contributed by atoms with van der Waals surface area (Å²) in [6.07, 6.45) is 4.53. The Bertz CT molecular complexity index is 1340. The van der Waals surface area contributed by atoms with Gasteiger partial charge in [0.15, 0.2) is 5.78 Å². The fourth-order valence-corrected chi connectivity index (χ4v) is 5.74. The van der Waals surface area contributed by atoms with E-state index in [1.165, 1.54) is 24.8 Å². The Morgan fingerprint density at radius 1 is 1.00 bits per heavy atom. The van der Waals surface area contributed by atoms with Gasteiger partial charge < -0.3 is 14.1 Å². The van der Waals surface area contributed by atoms with Crippen molar-refractivity contribution in [1.29, 1.82) is 0 Å². The molecule has 0 bridgehead atoms. The lowest BCUT2D eigenvalue weighted by Gasteiger charge is -2.29. The normalized spacial score (nSPS) is 20.8. The number of benzene rings is 2. The second-order valence-electron chi connectivity index (χ2n) is 10.2. The number of amides is 1. The van der Waals surface area contributed by atoms with Crippen molar-refractivity contribution < 1.29 is 23.5 Å². The topological polar surface area (TPSA) is 80.1 Å². The molecule has 0 N–H and O–H groups in total. The lowest BCUT2D eigenvalue weighted by atomic mass is 9.92. The highest BCUT2D eigenvalue weighted by molar-refractivity contribution is 6.07. The van der Waals surface area contributed by atoms with Gasteiger partial charge in [-0.15, -0.1) is 0 Å². The Hall–Kier alpha value is -3.45. The van der Waals surface area contributed by atoms with Crippen LogP contribution in [0.3, 0.4) is 0 Å². The number of nitrogens with zero attached hydrogens (tertiary/aromatic N) is 2. The molecule has 3 heterocycles. The molecule has 1 unspecified atom stereocenters. The maximum atomic E-state index is 13.1. The van der Waals surface area contributed by atoms with Gasteiger partial charge in [0.05, 0.1) is 19.0 Å². The number of piperidine rings is 1. The third-order valence-electron chi connectivity index (χ3n) is 7.63. The van der Waals surface area contributed by atoms with Crippen LogP contribution in [0.1, 0.15) is 65.8 Å². The number of hydrogen-bond acceptors (Lipinski definition) is 6. The fourth-order valence-electron chi connectivity index (χ4n) is 5.74. The Morgan fingerprint density at radius 3 is 2.69 bits per heavy atom. The Morgan fingerprint density at radius 2 is 1.86 bits per heavy atom. The van der Waals surface area contributed by atoms with Crippen LogP contribution in [0.25, 0.3) is 11.0 Å². The molecule has 1 aromatic heterocycles. The van der Waals surface area contributed by atoms with Gasteiger partial charge in [-0.2, -0.15) is 0 Å². The van der Waals surface area contributed by atoms with Crippen molar-refractivity contribution in [3.05, 3.63) is 64.9 Å². The van der Waals surface area contributed by atoms with Crippen molar-refractivity contribution in [2.45, 2.75) is 64.3 Å². The van der Waals surface area contributed by atoms with E-state index in [0.717, 1.165) is 41.9 Å². The van der Waals surface area contributed by atoms with Gasteiger partial charge >= 0.3 is 0 Å². The summed E-state index contributed by atoms with van der Waals surface area (Å²) >= 11 is 0. The summed E-state index contributed by atoms with van der Waals surface area (Å²) in [7, 11) is 0. The summed E-state index contributed by atoms with van der Waals surface area (Å²) in [4.78, 5) is 41.2. The molecule has 1 saturated heterocycles. The van der Waals surface area contributed by atoms with E-state index in [1.807, 2.05) is 18.2 Å². The third-order valence-corrected chi connectivity index (χ3v) is 7.63. The molecule has 2 aliphatic heterocycles. The zero-order chi connectivity index (χ0) is 24.6. The molecule has 6 rings (SSSR count). The van der Waals surface area contributed by atoms with Gasteiger partial charge in [-0.25, -0.2) is 0 Å². The number of Topliss-reactive ketones (excluding diaryl/α,β-unsaturated/α-hetero) is 2. The summed E-state index contributed by atoms with van der Waals surface area (Å²) in [5, 5.41) is 1.06. The third kappa shape index (κ3) is 4.44.